The van der Waals surface area contributed by atoms with E-state index >= 15 is 0 Å². The Hall–Kier alpha value is -0.220. The molecule has 2 aliphatic rings. The van der Waals surface area contributed by atoms with Crippen LogP contribution in [-0.4, -0.2) is 43.0 Å². The van der Waals surface area contributed by atoms with Gasteiger partial charge in [0.2, 0.25) is 0 Å². The topological polar surface area (TPSA) is 15.3 Å². The van der Waals surface area contributed by atoms with Gasteiger partial charge in [0.1, 0.15) is 0 Å². The molecule has 0 aromatic heterocycles. The van der Waals surface area contributed by atoms with Crippen molar-refractivity contribution in [3.8, 4) is 0 Å². The highest BCUT2D eigenvalue weighted by atomic mass is 19.3. The van der Waals surface area contributed by atoms with E-state index in [1.54, 1.807) is 0 Å². The lowest BCUT2D eigenvalue weighted by molar-refractivity contribution is 0.0427. The molecule has 0 aromatic rings. The molecule has 0 aliphatic carbocycles. The summed E-state index contributed by atoms with van der Waals surface area (Å²) in [4.78, 5) is 2.45. The largest absolute Gasteiger partial charge is 0.309 e. The van der Waals surface area contributed by atoms with Crippen molar-refractivity contribution in [3.63, 3.8) is 0 Å². The van der Waals surface area contributed by atoms with Crippen molar-refractivity contribution in [3.05, 3.63) is 0 Å². The van der Waals surface area contributed by atoms with Crippen molar-refractivity contribution in [2.75, 3.05) is 13.6 Å². The lowest BCUT2D eigenvalue weighted by atomic mass is 9.82. The van der Waals surface area contributed by atoms with E-state index in [9.17, 15) is 8.78 Å². The molecule has 2 atom stereocenters. The minimum Gasteiger partial charge on any atom is -0.309 e. The normalized spacial score (nSPS) is 37.2. The summed E-state index contributed by atoms with van der Waals surface area (Å²) in [6, 6.07) is 1.55. The van der Waals surface area contributed by atoms with Crippen molar-refractivity contribution in [1.82, 2.24) is 10.2 Å². The minimum atomic E-state index is -2.22. The third-order valence-electron chi connectivity index (χ3n) is 3.90. The number of nitrogens with zero attached hydrogens (tertiary/aromatic N) is 1. The van der Waals surface area contributed by atoms with Crippen LogP contribution in [0.3, 0.4) is 0 Å². The van der Waals surface area contributed by atoms with E-state index < -0.39 is 6.43 Å². The van der Waals surface area contributed by atoms with Gasteiger partial charge in [-0.25, -0.2) is 8.78 Å². The molecule has 2 unspecified atom stereocenters. The Labute approximate surface area is 90.0 Å². The van der Waals surface area contributed by atoms with Gasteiger partial charge >= 0.3 is 0 Å². The summed E-state index contributed by atoms with van der Waals surface area (Å²) in [5, 5.41) is 2.99. The van der Waals surface area contributed by atoms with Crippen molar-refractivity contribution in [2.24, 2.45) is 0 Å². The van der Waals surface area contributed by atoms with E-state index in [-0.39, 0.29) is 6.54 Å². The van der Waals surface area contributed by atoms with Crippen molar-refractivity contribution in [2.45, 2.75) is 56.7 Å². The summed E-state index contributed by atoms with van der Waals surface area (Å²) in [6.45, 7) is -0.145. The van der Waals surface area contributed by atoms with Crippen molar-refractivity contribution >= 4 is 0 Å². The van der Waals surface area contributed by atoms with Crippen LogP contribution in [0.4, 0.5) is 8.78 Å². The van der Waals surface area contributed by atoms with Crippen LogP contribution in [-0.2, 0) is 0 Å². The van der Waals surface area contributed by atoms with Gasteiger partial charge < -0.3 is 10.2 Å². The third kappa shape index (κ3) is 2.67. The average molecular weight is 218 g/mol. The molecule has 2 saturated heterocycles. The molecule has 4 heteroatoms. The number of alkyl halides is 2. The molecule has 0 radical (unpaired) electrons. The Kier molecular flexibility index (Phi) is 3.57. The summed E-state index contributed by atoms with van der Waals surface area (Å²) in [5.41, 5.74) is 0. The SMILES string of the molecule is CN1C2CCCC1CC(NCC(F)F)C2. The first-order valence-electron chi connectivity index (χ1n) is 5.90. The molecule has 0 spiro atoms. The van der Waals surface area contributed by atoms with Gasteiger partial charge in [0.25, 0.3) is 6.43 Å². The predicted molar refractivity (Wildman–Crippen MR) is 56.2 cm³/mol. The molecule has 0 aromatic carbocycles. The zero-order chi connectivity index (χ0) is 10.8. The molecule has 2 aliphatic heterocycles. The Morgan fingerprint density at radius 2 is 1.87 bits per heavy atom. The van der Waals surface area contributed by atoms with E-state index in [1.165, 1.54) is 19.3 Å². The van der Waals surface area contributed by atoms with E-state index in [4.69, 9.17) is 0 Å². The molecule has 1 N–H and O–H groups in total. The zero-order valence-electron chi connectivity index (χ0n) is 9.26. The number of fused-ring (bicyclic) bond motifs is 2. The van der Waals surface area contributed by atoms with Crippen LogP contribution in [0.5, 0.6) is 0 Å². The fraction of sp³-hybridized carbons (Fsp3) is 1.00. The van der Waals surface area contributed by atoms with E-state index in [0.29, 0.717) is 18.1 Å². The zero-order valence-corrected chi connectivity index (χ0v) is 9.26. The monoisotopic (exact) mass is 218 g/mol. The number of piperidine rings is 2. The number of hydrogen-bond acceptors (Lipinski definition) is 2. The molecular formula is C11H20F2N2. The Morgan fingerprint density at radius 3 is 2.40 bits per heavy atom. The molecule has 88 valence electrons. The minimum absolute atomic E-state index is 0.145. The maximum atomic E-state index is 12.1. The Balaban J connectivity index is 1.84. The number of nitrogens with one attached hydrogen (secondary N) is 1. The molecule has 2 nitrogen and oxygen atoms in total. The van der Waals surface area contributed by atoms with E-state index in [2.05, 4.69) is 17.3 Å². The quantitative estimate of drug-likeness (QED) is 0.777. The second-order valence-corrected chi connectivity index (χ2v) is 4.87. The van der Waals surface area contributed by atoms with Gasteiger partial charge in [-0.15, -0.1) is 0 Å². The van der Waals surface area contributed by atoms with Crippen molar-refractivity contribution in [1.29, 1.82) is 0 Å². The van der Waals surface area contributed by atoms with E-state index in [0.717, 1.165) is 12.8 Å². The standard InChI is InChI=1S/C11H20F2N2/c1-15-9-3-2-4-10(15)6-8(5-9)14-7-11(12)13/h8-11,14H,2-7H2,1H3. The second kappa shape index (κ2) is 4.74. The van der Waals surface area contributed by atoms with Crippen LogP contribution in [0.15, 0.2) is 0 Å². The number of halogens is 2. The second-order valence-electron chi connectivity index (χ2n) is 4.87. The summed E-state index contributed by atoms with van der Waals surface area (Å²) in [6.07, 6.45) is 3.64. The van der Waals surface area contributed by atoms with E-state index in [1.807, 2.05) is 0 Å². The number of hydrogen-bond donors (Lipinski definition) is 1. The van der Waals surface area contributed by atoms with Crippen molar-refractivity contribution < 1.29 is 8.78 Å². The Bertz CT molecular complexity index is 197. The average Bonchev–Trinajstić information content (AvgIpc) is 2.15. The lowest BCUT2D eigenvalue weighted by Gasteiger charge is -2.47. The highest BCUT2D eigenvalue weighted by molar-refractivity contribution is 4.93. The summed E-state index contributed by atoms with van der Waals surface area (Å²) in [7, 11) is 2.18. The molecule has 15 heavy (non-hydrogen) atoms. The molecule has 0 saturated carbocycles. The van der Waals surface area contributed by atoms with Crippen LogP contribution in [0.2, 0.25) is 0 Å². The van der Waals surface area contributed by atoms with Gasteiger partial charge in [-0.1, -0.05) is 6.42 Å². The maximum Gasteiger partial charge on any atom is 0.250 e. The smallest absolute Gasteiger partial charge is 0.250 e. The molecule has 2 heterocycles. The maximum absolute atomic E-state index is 12.1. The van der Waals surface area contributed by atoms with Crippen LogP contribution in [0.1, 0.15) is 32.1 Å². The molecule has 2 bridgehead atoms. The van der Waals surface area contributed by atoms with Gasteiger partial charge in [0, 0.05) is 18.1 Å². The molecule has 2 fully saturated rings. The lowest BCUT2D eigenvalue weighted by Crippen LogP contribution is -2.54. The van der Waals surface area contributed by atoms with Gasteiger partial charge in [-0.3, -0.25) is 0 Å². The summed E-state index contributed by atoms with van der Waals surface area (Å²) < 4.78 is 24.2. The highest BCUT2D eigenvalue weighted by Crippen LogP contribution is 2.32. The fourth-order valence-corrected chi connectivity index (χ4v) is 3.04. The highest BCUT2D eigenvalue weighted by Gasteiger charge is 2.35. The van der Waals surface area contributed by atoms with Crippen LogP contribution >= 0.6 is 0 Å². The summed E-state index contributed by atoms with van der Waals surface area (Å²) in [5.74, 6) is 0. The van der Waals surface area contributed by atoms with Crippen LogP contribution in [0.25, 0.3) is 0 Å². The first-order chi connectivity index (χ1) is 7.16. The summed E-state index contributed by atoms with van der Waals surface area (Å²) >= 11 is 0. The van der Waals surface area contributed by atoms with Gasteiger partial charge in [-0.2, -0.15) is 0 Å². The first kappa shape index (κ1) is 11.3. The number of rotatable bonds is 3. The molecule has 0 amide bonds. The molecular weight excluding hydrogens is 198 g/mol. The fourth-order valence-electron chi connectivity index (χ4n) is 3.04. The predicted octanol–water partition coefficient (Wildman–Crippen LogP) is 1.86. The van der Waals surface area contributed by atoms with Gasteiger partial charge in [0.15, 0.2) is 0 Å². The third-order valence-corrected chi connectivity index (χ3v) is 3.90. The van der Waals surface area contributed by atoms with Gasteiger partial charge in [-0.05, 0) is 32.7 Å². The van der Waals surface area contributed by atoms with Gasteiger partial charge in [0.05, 0.1) is 6.54 Å². The first-order valence-corrected chi connectivity index (χ1v) is 5.90. The van der Waals surface area contributed by atoms with Crippen LogP contribution in [0, 0.1) is 0 Å². The van der Waals surface area contributed by atoms with Crippen LogP contribution < -0.4 is 5.32 Å². The molecule has 2 rings (SSSR count). The Morgan fingerprint density at radius 1 is 1.27 bits per heavy atom.